The molecule has 3 aromatic rings. The first-order valence-electron chi connectivity index (χ1n) is 9.45. The molecule has 3 heterocycles. The van der Waals surface area contributed by atoms with Crippen molar-refractivity contribution in [2.24, 2.45) is 12.0 Å². The summed E-state index contributed by atoms with van der Waals surface area (Å²) in [7, 11) is 3.61. The van der Waals surface area contributed by atoms with E-state index in [4.69, 9.17) is 0 Å². The maximum atomic E-state index is 12.6. The van der Waals surface area contributed by atoms with E-state index in [9.17, 15) is 4.79 Å². The molecule has 0 spiro atoms. The minimum absolute atomic E-state index is 0.0545. The monoisotopic (exact) mass is 379 g/mol. The molecule has 1 fully saturated rings. The Labute approximate surface area is 163 Å². The third-order valence-electron chi connectivity index (χ3n) is 5.09. The number of nitrogens with zero attached hydrogens (tertiary/aromatic N) is 5. The highest BCUT2D eigenvalue weighted by atomic mass is 16.2. The van der Waals surface area contributed by atoms with Crippen LogP contribution in [0.15, 0.2) is 47.8 Å². The molecule has 4 rings (SSSR count). The molecule has 0 unspecified atom stereocenters. The van der Waals surface area contributed by atoms with E-state index in [0.29, 0.717) is 13.1 Å². The number of aryl methyl sites for hydroxylation is 1. The number of carbonyl (C=O) groups is 1. The highest BCUT2D eigenvalue weighted by Gasteiger charge is 2.27. The lowest BCUT2D eigenvalue weighted by molar-refractivity contribution is -0.120. The number of nitrogens with one attached hydrogen (secondary N) is 2. The predicted octanol–water partition coefficient (Wildman–Crippen LogP) is 1.37. The van der Waals surface area contributed by atoms with Crippen molar-refractivity contribution in [3.8, 4) is 0 Å². The Morgan fingerprint density at radius 1 is 1.32 bits per heavy atom. The molecule has 0 atom stereocenters. The number of amides is 1. The van der Waals surface area contributed by atoms with Gasteiger partial charge in [-0.2, -0.15) is 5.10 Å². The molecule has 28 heavy (non-hydrogen) atoms. The number of carbonyl (C=O) groups excluding carboxylic acids is 1. The van der Waals surface area contributed by atoms with Gasteiger partial charge in [0.25, 0.3) is 0 Å². The summed E-state index contributed by atoms with van der Waals surface area (Å²) in [5.74, 6) is 0.817. The molecule has 8 nitrogen and oxygen atoms in total. The molecular weight excluding hydrogens is 354 g/mol. The van der Waals surface area contributed by atoms with Crippen molar-refractivity contribution >= 4 is 28.5 Å². The summed E-state index contributed by atoms with van der Waals surface area (Å²) in [5, 5.41) is 8.80. The summed E-state index contributed by atoms with van der Waals surface area (Å²) in [6.07, 6.45) is 6.53. The normalized spacial score (nSPS) is 15.5. The smallest absolute Gasteiger partial charge is 0.246 e. The zero-order valence-corrected chi connectivity index (χ0v) is 16.2. The van der Waals surface area contributed by atoms with Gasteiger partial charge in [0.15, 0.2) is 5.96 Å². The Bertz CT molecular complexity index is 1000. The fourth-order valence-corrected chi connectivity index (χ4v) is 3.65. The van der Waals surface area contributed by atoms with E-state index >= 15 is 0 Å². The van der Waals surface area contributed by atoms with Crippen LogP contribution in [0.2, 0.25) is 0 Å². The van der Waals surface area contributed by atoms with E-state index in [1.807, 2.05) is 24.2 Å². The van der Waals surface area contributed by atoms with E-state index in [-0.39, 0.29) is 5.91 Å². The first kappa shape index (κ1) is 18.1. The number of aliphatic imine (C=N–C) groups is 1. The number of benzene rings is 1. The number of para-hydroxylation sites is 1. The number of guanidine groups is 1. The van der Waals surface area contributed by atoms with Gasteiger partial charge in [0.1, 0.15) is 6.54 Å². The second-order valence-electron chi connectivity index (χ2n) is 6.92. The van der Waals surface area contributed by atoms with E-state index < -0.39 is 0 Å². The van der Waals surface area contributed by atoms with Gasteiger partial charge in [-0.3, -0.25) is 14.5 Å². The average molecular weight is 379 g/mol. The van der Waals surface area contributed by atoms with Gasteiger partial charge in [-0.1, -0.05) is 18.2 Å². The summed E-state index contributed by atoms with van der Waals surface area (Å²) in [5.41, 5.74) is 3.27. The van der Waals surface area contributed by atoms with Gasteiger partial charge in [0, 0.05) is 57.0 Å². The standard InChI is InChI=1S/C20H25N7O/c1-21-20(22-8-7-15-11-23-18-6-4-3-5-17(15)18)26-9-10-27(19(28)14-26)16-12-24-25(2)13-16/h3-6,11-13,23H,7-10,14H2,1-2H3,(H,21,22). The maximum Gasteiger partial charge on any atom is 0.246 e. The first-order valence-corrected chi connectivity index (χ1v) is 9.45. The predicted molar refractivity (Wildman–Crippen MR) is 110 cm³/mol. The van der Waals surface area contributed by atoms with Crippen molar-refractivity contribution in [1.82, 2.24) is 25.0 Å². The fourth-order valence-electron chi connectivity index (χ4n) is 3.65. The number of anilines is 1. The molecule has 0 saturated carbocycles. The van der Waals surface area contributed by atoms with Gasteiger partial charge in [0.2, 0.25) is 5.91 Å². The van der Waals surface area contributed by atoms with Crippen LogP contribution in [0.5, 0.6) is 0 Å². The third-order valence-corrected chi connectivity index (χ3v) is 5.09. The molecule has 1 aliphatic heterocycles. The molecule has 2 N–H and O–H groups in total. The van der Waals surface area contributed by atoms with Crippen LogP contribution in [0.25, 0.3) is 10.9 Å². The molecule has 1 saturated heterocycles. The van der Waals surface area contributed by atoms with E-state index in [1.54, 1.807) is 22.8 Å². The first-order chi connectivity index (χ1) is 13.7. The van der Waals surface area contributed by atoms with Crippen LogP contribution in [0, 0.1) is 0 Å². The van der Waals surface area contributed by atoms with Crippen LogP contribution in [0.4, 0.5) is 5.69 Å². The van der Waals surface area contributed by atoms with Gasteiger partial charge in [-0.25, -0.2) is 0 Å². The van der Waals surface area contributed by atoms with Crippen LogP contribution < -0.4 is 10.2 Å². The Morgan fingerprint density at radius 3 is 2.93 bits per heavy atom. The zero-order chi connectivity index (χ0) is 19.5. The van der Waals surface area contributed by atoms with Crippen molar-refractivity contribution < 1.29 is 4.79 Å². The molecule has 0 bridgehead atoms. The minimum atomic E-state index is 0.0545. The molecular formula is C20H25N7O. The lowest BCUT2D eigenvalue weighted by Gasteiger charge is -2.35. The van der Waals surface area contributed by atoms with Gasteiger partial charge in [-0.05, 0) is 18.1 Å². The van der Waals surface area contributed by atoms with Crippen LogP contribution in [0.1, 0.15) is 5.56 Å². The maximum absolute atomic E-state index is 12.6. The van der Waals surface area contributed by atoms with Gasteiger partial charge in [-0.15, -0.1) is 0 Å². The highest BCUT2D eigenvalue weighted by Crippen LogP contribution is 2.18. The van der Waals surface area contributed by atoms with Crippen molar-refractivity contribution in [1.29, 1.82) is 0 Å². The summed E-state index contributed by atoms with van der Waals surface area (Å²) in [6, 6.07) is 8.30. The van der Waals surface area contributed by atoms with Gasteiger partial charge in [0.05, 0.1) is 11.9 Å². The fraction of sp³-hybridized carbons (Fsp3) is 0.350. The van der Waals surface area contributed by atoms with Crippen LogP contribution in [0.3, 0.4) is 0 Å². The molecule has 8 heteroatoms. The number of aromatic nitrogens is 3. The summed E-state index contributed by atoms with van der Waals surface area (Å²) >= 11 is 0. The third kappa shape index (κ3) is 3.58. The molecule has 0 radical (unpaired) electrons. The quantitative estimate of drug-likeness (QED) is 0.530. The van der Waals surface area contributed by atoms with Crippen molar-refractivity contribution in [3.05, 3.63) is 48.4 Å². The largest absolute Gasteiger partial charge is 0.361 e. The van der Waals surface area contributed by atoms with Crippen molar-refractivity contribution in [3.63, 3.8) is 0 Å². The van der Waals surface area contributed by atoms with Crippen LogP contribution >= 0.6 is 0 Å². The zero-order valence-electron chi connectivity index (χ0n) is 16.2. The number of hydrogen-bond acceptors (Lipinski definition) is 3. The van der Waals surface area contributed by atoms with Crippen LogP contribution in [-0.4, -0.2) is 64.8 Å². The number of piperazine rings is 1. The number of fused-ring (bicyclic) bond motifs is 1. The Hall–Kier alpha value is -3.29. The molecule has 2 aromatic heterocycles. The number of aromatic amines is 1. The lowest BCUT2D eigenvalue weighted by Crippen LogP contribution is -2.55. The van der Waals surface area contributed by atoms with Gasteiger partial charge >= 0.3 is 0 Å². The van der Waals surface area contributed by atoms with Gasteiger partial charge < -0.3 is 20.1 Å². The Balaban J connectivity index is 1.34. The number of rotatable bonds is 4. The second-order valence-corrected chi connectivity index (χ2v) is 6.92. The Morgan fingerprint density at radius 2 is 2.18 bits per heavy atom. The van der Waals surface area contributed by atoms with E-state index in [2.05, 4.69) is 44.8 Å². The summed E-state index contributed by atoms with van der Waals surface area (Å²) < 4.78 is 1.71. The van der Waals surface area contributed by atoms with E-state index in [1.165, 1.54) is 10.9 Å². The van der Waals surface area contributed by atoms with Crippen LogP contribution in [-0.2, 0) is 18.3 Å². The second kappa shape index (κ2) is 7.75. The number of H-pyrrole nitrogens is 1. The molecule has 146 valence electrons. The Kier molecular flexibility index (Phi) is 5.01. The molecule has 1 amide bonds. The minimum Gasteiger partial charge on any atom is -0.361 e. The molecule has 1 aromatic carbocycles. The van der Waals surface area contributed by atoms with E-state index in [0.717, 1.165) is 36.7 Å². The number of hydrogen-bond donors (Lipinski definition) is 2. The summed E-state index contributed by atoms with van der Waals surface area (Å²) in [6.45, 7) is 2.41. The van der Waals surface area contributed by atoms with Crippen molar-refractivity contribution in [2.75, 3.05) is 38.1 Å². The lowest BCUT2D eigenvalue weighted by atomic mass is 10.1. The average Bonchev–Trinajstić information content (AvgIpc) is 3.31. The summed E-state index contributed by atoms with van der Waals surface area (Å²) in [4.78, 5) is 24.1. The highest BCUT2D eigenvalue weighted by molar-refractivity contribution is 5.98. The molecule has 1 aliphatic rings. The van der Waals surface area contributed by atoms with Crippen molar-refractivity contribution in [2.45, 2.75) is 6.42 Å². The SMILES string of the molecule is CN=C(NCCc1c[nH]c2ccccc12)N1CCN(c2cnn(C)c2)C(=O)C1. The topological polar surface area (TPSA) is 81.6 Å². The molecule has 0 aliphatic carbocycles.